The molecule has 1 aromatic rings. The molecule has 1 aromatic carbocycles. The Labute approximate surface area is 187 Å². The molecule has 32 heavy (non-hydrogen) atoms. The van der Waals surface area contributed by atoms with E-state index in [1.165, 1.54) is 12.1 Å². The van der Waals surface area contributed by atoms with E-state index in [2.05, 4.69) is 10.3 Å². The average Bonchev–Trinajstić information content (AvgIpc) is 2.69. The molecule has 0 saturated carbocycles. The minimum atomic E-state index is -3.80. The molecule has 1 amide bonds. The van der Waals surface area contributed by atoms with Crippen LogP contribution in [-0.2, 0) is 14.6 Å². The van der Waals surface area contributed by atoms with Gasteiger partial charge in [-0.2, -0.15) is 0 Å². The summed E-state index contributed by atoms with van der Waals surface area (Å²) in [4.78, 5) is 27.0. The first kappa shape index (κ1) is 27.3. The molecule has 0 spiro atoms. The predicted molar refractivity (Wildman–Crippen MR) is 119 cm³/mol. The fourth-order valence-corrected chi connectivity index (χ4v) is 4.62. The number of sulfone groups is 1. The second kappa shape index (κ2) is 13.0. The van der Waals surface area contributed by atoms with Crippen LogP contribution in [0, 0.1) is 22.0 Å². The van der Waals surface area contributed by atoms with Gasteiger partial charge >= 0.3 is 7.12 Å². The highest BCUT2D eigenvalue weighted by Gasteiger charge is 2.31. The van der Waals surface area contributed by atoms with Crippen LogP contribution in [0.3, 0.4) is 0 Å². The summed E-state index contributed by atoms with van der Waals surface area (Å²) in [5.41, 5.74) is 7.03. The Bertz CT molecular complexity index is 881. The Morgan fingerprint density at radius 1 is 1.28 bits per heavy atom. The summed E-state index contributed by atoms with van der Waals surface area (Å²) in [6.45, 7) is 3.72. The topological polar surface area (TPSA) is 197 Å². The zero-order chi connectivity index (χ0) is 24.3. The van der Waals surface area contributed by atoms with Crippen molar-refractivity contribution >= 4 is 28.8 Å². The molecule has 12 nitrogen and oxygen atoms in total. The zero-order valence-corrected chi connectivity index (χ0v) is 18.9. The van der Waals surface area contributed by atoms with Crippen molar-refractivity contribution in [2.75, 3.05) is 12.3 Å². The Hall–Kier alpha value is -2.71. The summed E-state index contributed by atoms with van der Waals surface area (Å²) >= 11 is 0. The van der Waals surface area contributed by atoms with Gasteiger partial charge in [0.2, 0.25) is 5.91 Å². The summed E-state index contributed by atoms with van der Waals surface area (Å²) in [7, 11) is -5.60. The summed E-state index contributed by atoms with van der Waals surface area (Å²) in [6, 6.07) is 7.67. The number of rotatable bonds is 13. The third kappa shape index (κ3) is 10.1. The highest BCUT2D eigenvalue weighted by Crippen LogP contribution is 2.18. The first-order valence-corrected chi connectivity index (χ1v) is 11.7. The van der Waals surface area contributed by atoms with Gasteiger partial charge in [0, 0.05) is 6.54 Å². The Kier molecular flexibility index (Phi) is 11.1. The fourth-order valence-electron chi connectivity index (χ4n) is 3.01. The maximum atomic E-state index is 12.9. The Balaban J connectivity index is 2.96. The summed E-state index contributed by atoms with van der Waals surface area (Å²) < 4.78 is 25.6. The summed E-state index contributed by atoms with van der Waals surface area (Å²) in [5.74, 6) is -3.45. The molecule has 0 fully saturated rings. The van der Waals surface area contributed by atoms with Crippen molar-refractivity contribution in [3.8, 4) is 0 Å². The van der Waals surface area contributed by atoms with Crippen molar-refractivity contribution in [2.45, 2.75) is 43.9 Å². The lowest BCUT2D eigenvalue weighted by molar-refractivity contribution is -0.525. The molecule has 178 valence electrons. The number of amides is 1. The van der Waals surface area contributed by atoms with Crippen LogP contribution < -0.4 is 16.5 Å². The molecule has 0 aliphatic heterocycles. The van der Waals surface area contributed by atoms with Gasteiger partial charge in [-0.15, -0.1) is 0 Å². The lowest BCUT2D eigenvalue weighted by atomic mass is 9.75. The second-order valence-electron chi connectivity index (χ2n) is 7.73. The van der Waals surface area contributed by atoms with Gasteiger partial charge in [0.25, 0.3) is 5.96 Å². The number of aliphatic imine (C=N–C) groups is 1. The van der Waals surface area contributed by atoms with Crippen LogP contribution >= 0.6 is 0 Å². The molecule has 0 aliphatic carbocycles. The lowest BCUT2D eigenvalue weighted by Gasteiger charge is -2.23. The zero-order valence-electron chi connectivity index (χ0n) is 18.0. The van der Waals surface area contributed by atoms with E-state index in [-0.39, 0.29) is 36.6 Å². The number of hydrogen-bond acceptors (Lipinski definition) is 8. The number of hydrogen-bond donors (Lipinski definition) is 5. The Morgan fingerprint density at radius 3 is 2.44 bits per heavy atom. The number of carbonyl (C=O) groups is 1. The van der Waals surface area contributed by atoms with Crippen LogP contribution in [0.5, 0.6) is 0 Å². The van der Waals surface area contributed by atoms with E-state index >= 15 is 0 Å². The van der Waals surface area contributed by atoms with Gasteiger partial charge in [0.05, 0.1) is 22.5 Å². The van der Waals surface area contributed by atoms with Gasteiger partial charge in [0.1, 0.15) is 0 Å². The fraction of sp³-hybridized carbons (Fsp3) is 0.556. The monoisotopic (exact) mass is 471 g/mol. The highest BCUT2D eigenvalue weighted by atomic mass is 32.2. The highest BCUT2D eigenvalue weighted by molar-refractivity contribution is 7.91. The van der Waals surface area contributed by atoms with E-state index in [1.807, 2.05) is 13.8 Å². The van der Waals surface area contributed by atoms with Crippen molar-refractivity contribution < 1.29 is 28.3 Å². The third-order valence-corrected chi connectivity index (χ3v) is 6.34. The second-order valence-corrected chi connectivity index (χ2v) is 9.76. The van der Waals surface area contributed by atoms with Crippen molar-refractivity contribution in [3.63, 3.8) is 0 Å². The third-order valence-electron chi connectivity index (χ3n) is 4.51. The average molecular weight is 471 g/mol. The number of nitrogens with two attached hydrogens (primary N) is 1. The van der Waals surface area contributed by atoms with E-state index in [4.69, 9.17) is 5.73 Å². The van der Waals surface area contributed by atoms with Crippen LogP contribution in [0.15, 0.2) is 40.2 Å². The van der Waals surface area contributed by atoms with Crippen molar-refractivity contribution in [1.82, 2.24) is 10.7 Å². The molecule has 14 heteroatoms. The quantitative estimate of drug-likeness (QED) is 0.0628. The van der Waals surface area contributed by atoms with Crippen LogP contribution in [0.4, 0.5) is 0 Å². The van der Waals surface area contributed by atoms with Crippen LogP contribution in [0.25, 0.3) is 0 Å². The van der Waals surface area contributed by atoms with Gasteiger partial charge in [-0.25, -0.2) is 23.5 Å². The van der Waals surface area contributed by atoms with Crippen LogP contribution in [-0.4, -0.2) is 60.7 Å². The molecular formula is C18H30BN5O7S. The number of hydrazine groups is 1. The molecular weight excluding hydrogens is 441 g/mol. The molecule has 0 bridgehead atoms. The predicted octanol–water partition coefficient (Wildman–Crippen LogP) is -0.504. The molecule has 0 heterocycles. The van der Waals surface area contributed by atoms with Crippen molar-refractivity contribution in [3.05, 3.63) is 40.4 Å². The number of guanidine groups is 1. The Morgan fingerprint density at radius 2 is 1.91 bits per heavy atom. The molecule has 6 N–H and O–H groups in total. The van der Waals surface area contributed by atoms with E-state index in [1.54, 1.807) is 23.6 Å². The van der Waals surface area contributed by atoms with Crippen LogP contribution in [0.1, 0.15) is 33.1 Å². The molecule has 1 rings (SSSR count). The number of carbonyl (C=O) groups excluding carboxylic acids is 1. The van der Waals surface area contributed by atoms with Crippen LogP contribution in [0.2, 0.25) is 0 Å². The van der Waals surface area contributed by atoms with Crippen molar-refractivity contribution in [2.24, 2.45) is 22.6 Å². The van der Waals surface area contributed by atoms with Crippen molar-refractivity contribution in [1.29, 1.82) is 0 Å². The van der Waals surface area contributed by atoms with E-state index < -0.39 is 51.5 Å². The molecule has 2 atom stereocenters. The normalized spacial score (nSPS) is 14.0. The number of benzene rings is 1. The van der Waals surface area contributed by atoms with E-state index in [0.29, 0.717) is 0 Å². The SMILES string of the molecule is CC(C)C[C@H](NC(=O)[C@H](CCCN=C(N)N[N+](=O)[O-])CS(=O)(=O)c1ccccc1)B(O)O. The van der Waals surface area contributed by atoms with E-state index in [0.717, 1.165) is 0 Å². The van der Waals surface area contributed by atoms with Gasteiger partial charge < -0.3 is 21.1 Å². The minimum absolute atomic E-state index is 0.0277. The van der Waals surface area contributed by atoms with Gasteiger partial charge in [0.15, 0.2) is 14.9 Å². The number of nitrogens with zero attached hydrogens (tertiary/aromatic N) is 2. The smallest absolute Gasteiger partial charge is 0.426 e. The van der Waals surface area contributed by atoms with Gasteiger partial charge in [-0.3, -0.25) is 4.79 Å². The van der Waals surface area contributed by atoms with E-state index in [9.17, 15) is 33.4 Å². The summed E-state index contributed by atoms with van der Waals surface area (Å²) in [5, 5.41) is 31.2. The number of nitrogens with one attached hydrogen (secondary N) is 2. The molecule has 0 radical (unpaired) electrons. The molecule has 0 unspecified atom stereocenters. The van der Waals surface area contributed by atoms with Gasteiger partial charge in [-0.1, -0.05) is 37.5 Å². The molecule has 0 aromatic heterocycles. The maximum Gasteiger partial charge on any atom is 0.475 e. The lowest BCUT2D eigenvalue weighted by Crippen LogP contribution is -2.50. The summed E-state index contributed by atoms with van der Waals surface area (Å²) in [6.07, 6.45) is 0.594. The minimum Gasteiger partial charge on any atom is -0.426 e. The first-order valence-electron chi connectivity index (χ1n) is 10.1. The standard InChI is InChI=1S/C18H30BN5O7S/c1-13(2)11-16(19(26)27)22-17(25)14(7-6-10-21-18(20)23-24(28)29)12-32(30,31)15-8-4-3-5-9-15/h3-5,8-9,13-14,16,26-27H,6-7,10-12H2,1-2H3,(H,22,25)(H3,20,21,23)/t14-,16+/m1/s1. The molecule has 0 aliphatic rings. The maximum absolute atomic E-state index is 12.9. The number of nitro groups is 1. The first-order chi connectivity index (χ1) is 14.9. The van der Waals surface area contributed by atoms with Gasteiger partial charge in [-0.05, 0) is 37.3 Å². The largest absolute Gasteiger partial charge is 0.475 e. The molecule has 0 saturated heterocycles.